The number of rotatable bonds is 2. The van der Waals surface area contributed by atoms with Crippen LogP contribution in [0.2, 0.25) is 5.02 Å². The third kappa shape index (κ3) is 2.48. The van der Waals surface area contributed by atoms with Crippen LogP contribution in [0.4, 0.5) is 4.39 Å². The molecule has 0 saturated heterocycles. The number of benzene rings is 2. The van der Waals surface area contributed by atoms with Gasteiger partial charge in [-0.3, -0.25) is 0 Å². The molecule has 0 aliphatic carbocycles. The number of hydrogen-bond donors (Lipinski definition) is 1. The fourth-order valence-electron chi connectivity index (χ4n) is 3.60. The minimum atomic E-state index is -0.575. The fourth-order valence-corrected chi connectivity index (χ4v) is 4.30. The molecular weight excluding hydrogens is 393 g/mol. The highest BCUT2D eigenvalue weighted by atomic mass is 79.9. The maximum absolute atomic E-state index is 14.1. The van der Waals surface area contributed by atoms with E-state index in [9.17, 15) is 4.39 Å². The van der Waals surface area contributed by atoms with Crippen molar-refractivity contribution in [3.8, 4) is 5.75 Å². The summed E-state index contributed by atoms with van der Waals surface area (Å²) >= 11 is 9.53. The molecule has 124 valence electrons. The van der Waals surface area contributed by atoms with Crippen LogP contribution in [0.1, 0.15) is 17.5 Å². The first-order chi connectivity index (χ1) is 11.6. The number of hydrogen-bond acceptors (Lipinski definition) is 2. The van der Waals surface area contributed by atoms with Gasteiger partial charge in [-0.2, -0.15) is 0 Å². The molecule has 0 bridgehead atoms. The van der Waals surface area contributed by atoms with Crippen LogP contribution in [-0.2, 0) is 12.0 Å². The molecule has 0 spiro atoms. The van der Waals surface area contributed by atoms with Crippen molar-refractivity contribution in [3.63, 3.8) is 0 Å². The standard InChI is InChI=1S/C19H16BrClFNO/c20-17-13-11-19(12-6-2-1-3-7-12,16-8-4-5-9-23-16)24-15(13)10-14(22)18(17)21/h1-7,10,16,23H,8-9,11H2/t16-,19-/m0/s1. The van der Waals surface area contributed by atoms with Crippen molar-refractivity contribution in [2.24, 2.45) is 0 Å². The number of nitrogens with one attached hydrogen (secondary N) is 1. The van der Waals surface area contributed by atoms with Crippen molar-refractivity contribution in [1.82, 2.24) is 5.32 Å². The average molecular weight is 409 g/mol. The zero-order valence-electron chi connectivity index (χ0n) is 12.9. The molecule has 2 aromatic rings. The molecule has 0 amide bonds. The predicted molar refractivity (Wildman–Crippen MR) is 97.1 cm³/mol. The molecule has 2 aliphatic rings. The van der Waals surface area contributed by atoms with Gasteiger partial charge in [0.2, 0.25) is 0 Å². The van der Waals surface area contributed by atoms with E-state index in [1.165, 1.54) is 6.07 Å². The molecule has 0 saturated carbocycles. The molecule has 2 atom stereocenters. The van der Waals surface area contributed by atoms with Crippen LogP contribution in [0.25, 0.3) is 0 Å². The highest BCUT2D eigenvalue weighted by Gasteiger charge is 2.48. The Balaban J connectivity index is 1.85. The molecule has 2 aliphatic heterocycles. The molecule has 1 N–H and O–H groups in total. The summed E-state index contributed by atoms with van der Waals surface area (Å²) in [6.45, 7) is 0.801. The topological polar surface area (TPSA) is 21.3 Å². The van der Waals surface area contributed by atoms with Gasteiger partial charge in [0.05, 0.1) is 11.1 Å². The van der Waals surface area contributed by atoms with E-state index >= 15 is 0 Å². The van der Waals surface area contributed by atoms with Gasteiger partial charge in [-0.1, -0.05) is 54.1 Å². The monoisotopic (exact) mass is 407 g/mol. The van der Waals surface area contributed by atoms with Crippen molar-refractivity contribution in [3.05, 3.63) is 75.0 Å². The Morgan fingerprint density at radius 2 is 2.04 bits per heavy atom. The molecule has 0 fully saturated rings. The average Bonchev–Trinajstić information content (AvgIpc) is 3.02. The van der Waals surface area contributed by atoms with Crippen LogP contribution in [-0.4, -0.2) is 12.6 Å². The van der Waals surface area contributed by atoms with E-state index in [2.05, 4.69) is 45.5 Å². The lowest BCUT2D eigenvalue weighted by Gasteiger charge is -2.38. The SMILES string of the molecule is Fc1cc2c(c(Br)c1Cl)C[C@](c1ccccc1)([C@@H]1CC=CCN1)O2. The molecule has 2 aromatic carbocycles. The highest BCUT2D eigenvalue weighted by Crippen LogP contribution is 2.49. The predicted octanol–water partition coefficient (Wildman–Crippen LogP) is 4.99. The van der Waals surface area contributed by atoms with Crippen molar-refractivity contribution in [2.75, 3.05) is 6.54 Å². The lowest BCUT2D eigenvalue weighted by atomic mass is 9.80. The largest absolute Gasteiger partial charge is 0.480 e. The molecule has 5 heteroatoms. The van der Waals surface area contributed by atoms with Gasteiger partial charge in [0, 0.05) is 29.1 Å². The van der Waals surface area contributed by atoms with Gasteiger partial charge in [-0.05, 0) is 27.9 Å². The van der Waals surface area contributed by atoms with Crippen LogP contribution < -0.4 is 10.1 Å². The first kappa shape index (κ1) is 16.1. The second-order valence-corrected chi connectivity index (χ2v) is 7.34. The fraction of sp³-hybridized carbons (Fsp3) is 0.263. The second-order valence-electron chi connectivity index (χ2n) is 6.17. The zero-order valence-corrected chi connectivity index (χ0v) is 15.2. The van der Waals surface area contributed by atoms with E-state index in [-0.39, 0.29) is 11.1 Å². The molecular formula is C19H16BrClFNO. The Kier molecular flexibility index (Phi) is 4.15. The van der Waals surface area contributed by atoms with Crippen LogP contribution in [0.3, 0.4) is 0 Å². The summed E-state index contributed by atoms with van der Waals surface area (Å²) in [5.41, 5.74) is 1.42. The Morgan fingerprint density at radius 3 is 2.75 bits per heavy atom. The highest BCUT2D eigenvalue weighted by molar-refractivity contribution is 9.10. The summed E-state index contributed by atoms with van der Waals surface area (Å²) in [6, 6.07) is 11.6. The maximum atomic E-state index is 14.1. The molecule has 2 heterocycles. The van der Waals surface area contributed by atoms with Gasteiger partial charge in [-0.25, -0.2) is 4.39 Å². The zero-order chi connectivity index (χ0) is 16.7. The molecule has 4 rings (SSSR count). The molecule has 0 aromatic heterocycles. The number of halogens is 3. The van der Waals surface area contributed by atoms with E-state index in [0.717, 1.165) is 24.1 Å². The third-order valence-corrected chi connectivity index (χ3v) is 6.27. The van der Waals surface area contributed by atoms with Crippen molar-refractivity contribution < 1.29 is 9.13 Å². The molecule has 2 nitrogen and oxygen atoms in total. The summed E-state index contributed by atoms with van der Waals surface area (Å²) in [6.07, 6.45) is 5.78. The van der Waals surface area contributed by atoms with Crippen molar-refractivity contribution >= 4 is 27.5 Å². The van der Waals surface area contributed by atoms with Crippen LogP contribution >= 0.6 is 27.5 Å². The summed E-state index contributed by atoms with van der Waals surface area (Å²) < 4.78 is 21.1. The van der Waals surface area contributed by atoms with Crippen LogP contribution in [0, 0.1) is 5.82 Å². The van der Waals surface area contributed by atoms with E-state index in [4.69, 9.17) is 16.3 Å². The smallest absolute Gasteiger partial charge is 0.154 e. The number of ether oxygens (including phenoxy) is 1. The quantitative estimate of drug-likeness (QED) is 0.558. The summed E-state index contributed by atoms with van der Waals surface area (Å²) in [5, 5.41) is 3.64. The summed E-state index contributed by atoms with van der Waals surface area (Å²) in [5.74, 6) is 0.0895. The summed E-state index contributed by atoms with van der Waals surface area (Å²) in [4.78, 5) is 0. The lowest BCUT2D eigenvalue weighted by molar-refractivity contribution is 0.0470. The van der Waals surface area contributed by atoms with Gasteiger partial charge < -0.3 is 10.1 Å². The minimum absolute atomic E-state index is 0.103. The Bertz CT molecular complexity index is 811. The van der Waals surface area contributed by atoms with Crippen molar-refractivity contribution in [2.45, 2.75) is 24.5 Å². The maximum Gasteiger partial charge on any atom is 0.154 e. The Hall–Kier alpha value is -1.36. The lowest BCUT2D eigenvalue weighted by Crippen LogP contribution is -2.52. The van der Waals surface area contributed by atoms with Gasteiger partial charge in [-0.15, -0.1) is 0 Å². The second kappa shape index (κ2) is 6.17. The van der Waals surface area contributed by atoms with Gasteiger partial charge >= 0.3 is 0 Å². The first-order valence-electron chi connectivity index (χ1n) is 7.91. The van der Waals surface area contributed by atoms with E-state index in [0.29, 0.717) is 16.6 Å². The molecule has 0 unspecified atom stereocenters. The Labute approximate surface area is 153 Å². The molecule has 0 radical (unpaired) electrons. The van der Waals surface area contributed by atoms with Crippen LogP contribution in [0.5, 0.6) is 5.75 Å². The minimum Gasteiger partial charge on any atom is -0.480 e. The molecule has 24 heavy (non-hydrogen) atoms. The van der Waals surface area contributed by atoms with E-state index in [1.807, 2.05) is 18.2 Å². The van der Waals surface area contributed by atoms with Crippen LogP contribution in [0.15, 0.2) is 53.0 Å². The summed E-state index contributed by atoms with van der Waals surface area (Å²) in [7, 11) is 0. The van der Waals surface area contributed by atoms with Crippen molar-refractivity contribution in [1.29, 1.82) is 0 Å². The first-order valence-corrected chi connectivity index (χ1v) is 9.08. The van der Waals surface area contributed by atoms with Gasteiger partial charge in [0.25, 0.3) is 0 Å². The third-order valence-electron chi connectivity index (χ3n) is 4.80. The van der Waals surface area contributed by atoms with Gasteiger partial charge in [0.1, 0.15) is 11.6 Å². The normalized spacial score (nSPS) is 25.4. The Morgan fingerprint density at radius 1 is 1.25 bits per heavy atom. The number of fused-ring (bicyclic) bond motifs is 1. The van der Waals surface area contributed by atoms with Gasteiger partial charge in [0.15, 0.2) is 5.60 Å². The van der Waals surface area contributed by atoms with E-state index < -0.39 is 11.4 Å². The van der Waals surface area contributed by atoms with E-state index in [1.54, 1.807) is 0 Å².